The van der Waals surface area contributed by atoms with E-state index < -0.39 is 17.8 Å². The fraction of sp³-hybridized carbons (Fsp3) is 0.500. The molecule has 1 heterocycles. The Morgan fingerprint density at radius 3 is 2.62 bits per heavy atom. The number of hydrogen-bond donors (Lipinski definition) is 2. The fourth-order valence-corrected chi connectivity index (χ4v) is 1.74. The third-order valence-corrected chi connectivity index (χ3v) is 2.56. The standard InChI is InChI=1S/C8H10F3N3OS/c9-8(10,11)5-4-6(14-7(12)13-5)16-3-1-2-15/h4,15H,1-3H2,(H2,12,13,14). The minimum Gasteiger partial charge on any atom is -0.396 e. The van der Waals surface area contributed by atoms with Gasteiger partial charge in [0.15, 0.2) is 5.69 Å². The molecule has 90 valence electrons. The van der Waals surface area contributed by atoms with E-state index >= 15 is 0 Å². The van der Waals surface area contributed by atoms with Crippen LogP contribution in [0.3, 0.4) is 0 Å². The van der Waals surface area contributed by atoms with Gasteiger partial charge in [-0.25, -0.2) is 9.97 Å². The zero-order valence-corrected chi connectivity index (χ0v) is 8.98. The third-order valence-electron chi connectivity index (χ3n) is 1.56. The summed E-state index contributed by atoms with van der Waals surface area (Å²) in [4.78, 5) is 6.78. The highest BCUT2D eigenvalue weighted by Gasteiger charge is 2.33. The van der Waals surface area contributed by atoms with E-state index in [-0.39, 0.29) is 11.6 Å². The van der Waals surface area contributed by atoms with Gasteiger partial charge in [-0.2, -0.15) is 13.2 Å². The van der Waals surface area contributed by atoms with Crippen molar-refractivity contribution in [2.24, 2.45) is 0 Å². The molecular weight excluding hydrogens is 243 g/mol. The van der Waals surface area contributed by atoms with E-state index in [0.29, 0.717) is 12.2 Å². The van der Waals surface area contributed by atoms with Crippen molar-refractivity contribution in [1.29, 1.82) is 0 Å². The largest absolute Gasteiger partial charge is 0.433 e. The Balaban J connectivity index is 2.82. The SMILES string of the molecule is Nc1nc(SCCCO)cc(C(F)(F)F)n1. The molecule has 0 aliphatic heterocycles. The summed E-state index contributed by atoms with van der Waals surface area (Å²) in [5, 5.41) is 8.69. The van der Waals surface area contributed by atoms with Crippen molar-refractivity contribution in [2.45, 2.75) is 17.6 Å². The van der Waals surface area contributed by atoms with Crippen LogP contribution in [0.4, 0.5) is 19.1 Å². The van der Waals surface area contributed by atoms with Crippen LogP contribution in [0.25, 0.3) is 0 Å². The normalized spacial score (nSPS) is 11.8. The maximum absolute atomic E-state index is 12.3. The number of aliphatic hydroxyl groups is 1. The maximum atomic E-state index is 12.3. The van der Waals surface area contributed by atoms with Crippen molar-refractivity contribution in [1.82, 2.24) is 9.97 Å². The minimum atomic E-state index is -4.52. The molecule has 0 atom stereocenters. The number of aromatic nitrogens is 2. The number of nitrogens with two attached hydrogens (primary N) is 1. The first-order valence-corrected chi connectivity index (χ1v) is 5.37. The van der Waals surface area contributed by atoms with Crippen molar-refractivity contribution < 1.29 is 18.3 Å². The predicted molar refractivity (Wildman–Crippen MR) is 53.9 cm³/mol. The van der Waals surface area contributed by atoms with Crippen LogP contribution in [-0.4, -0.2) is 27.4 Å². The van der Waals surface area contributed by atoms with Crippen molar-refractivity contribution in [3.8, 4) is 0 Å². The molecule has 1 aromatic heterocycles. The monoisotopic (exact) mass is 253 g/mol. The topological polar surface area (TPSA) is 72.0 Å². The number of nitrogens with zero attached hydrogens (tertiary/aromatic N) is 2. The summed E-state index contributed by atoms with van der Waals surface area (Å²) in [6.45, 7) is -0.0142. The Morgan fingerprint density at radius 1 is 1.38 bits per heavy atom. The van der Waals surface area contributed by atoms with Gasteiger partial charge in [0, 0.05) is 18.4 Å². The molecule has 0 amide bonds. The van der Waals surface area contributed by atoms with Crippen LogP contribution >= 0.6 is 11.8 Å². The average molecular weight is 253 g/mol. The molecule has 0 bridgehead atoms. The van der Waals surface area contributed by atoms with Crippen LogP contribution in [0.5, 0.6) is 0 Å². The van der Waals surface area contributed by atoms with Crippen LogP contribution in [-0.2, 0) is 6.18 Å². The van der Waals surface area contributed by atoms with Crippen LogP contribution in [0.15, 0.2) is 11.1 Å². The van der Waals surface area contributed by atoms with E-state index in [1.807, 2.05) is 0 Å². The maximum Gasteiger partial charge on any atom is 0.433 e. The molecule has 1 aromatic rings. The van der Waals surface area contributed by atoms with Crippen molar-refractivity contribution in [3.05, 3.63) is 11.8 Å². The molecule has 0 saturated carbocycles. The van der Waals surface area contributed by atoms with Crippen LogP contribution in [0, 0.1) is 0 Å². The molecule has 0 radical (unpaired) electrons. The van der Waals surface area contributed by atoms with Gasteiger partial charge in [0.2, 0.25) is 5.95 Å². The molecule has 0 aliphatic rings. The summed E-state index contributed by atoms with van der Waals surface area (Å²) in [7, 11) is 0. The fourth-order valence-electron chi connectivity index (χ4n) is 0.903. The van der Waals surface area contributed by atoms with Gasteiger partial charge in [-0.1, -0.05) is 0 Å². The Kier molecular flexibility index (Phi) is 4.36. The molecule has 0 aromatic carbocycles. The van der Waals surface area contributed by atoms with Crippen molar-refractivity contribution in [2.75, 3.05) is 18.1 Å². The minimum absolute atomic E-state index is 0.0142. The second-order valence-corrected chi connectivity index (χ2v) is 3.99. The van der Waals surface area contributed by atoms with Gasteiger partial charge in [-0.05, 0) is 6.42 Å². The first kappa shape index (κ1) is 13.0. The van der Waals surface area contributed by atoms with Gasteiger partial charge in [0.1, 0.15) is 5.03 Å². The quantitative estimate of drug-likeness (QED) is 0.484. The molecule has 0 saturated heterocycles. The smallest absolute Gasteiger partial charge is 0.396 e. The molecule has 0 spiro atoms. The van der Waals surface area contributed by atoms with Gasteiger partial charge >= 0.3 is 6.18 Å². The highest BCUT2D eigenvalue weighted by atomic mass is 32.2. The lowest BCUT2D eigenvalue weighted by Gasteiger charge is -2.07. The van der Waals surface area contributed by atoms with Crippen molar-refractivity contribution >= 4 is 17.7 Å². The number of hydrogen-bond acceptors (Lipinski definition) is 5. The van der Waals surface area contributed by atoms with E-state index in [0.717, 1.165) is 17.8 Å². The van der Waals surface area contributed by atoms with E-state index in [1.165, 1.54) is 0 Å². The Labute approximate surface area is 94.1 Å². The highest BCUT2D eigenvalue weighted by Crippen LogP contribution is 2.30. The number of nitrogen functional groups attached to an aromatic ring is 1. The van der Waals surface area contributed by atoms with Crippen LogP contribution < -0.4 is 5.73 Å². The molecular formula is C8H10F3N3OS. The molecule has 0 unspecified atom stereocenters. The summed E-state index contributed by atoms with van der Waals surface area (Å²) >= 11 is 1.10. The molecule has 8 heteroatoms. The summed E-state index contributed by atoms with van der Waals surface area (Å²) in [5.74, 6) is 0.0749. The van der Waals surface area contributed by atoms with Gasteiger partial charge in [-0.15, -0.1) is 11.8 Å². The van der Waals surface area contributed by atoms with Gasteiger partial charge in [0.25, 0.3) is 0 Å². The first-order valence-electron chi connectivity index (χ1n) is 4.39. The molecule has 3 N–H and O–H groups in total. The van der Waals surface area contributed by atoms with Crippen molar-refractivity contribution in [3.63, 3.8) is 0 Å². The number of rotatable bonds is 4. The summed E-state index contributed by atoms with van der Waals surface area (Å²) < 4.78 is 37.0. The Bertz CT molecular complexity index is 359. The van der Waals surface area contributed by atoms with Gasteiger partial charge in [0.05, 0.1) is 0 Å². The second kappa shape index (κ2) is 5.35. The van der Waals surface area contributed by atoms with Gasteiger partial charge < -0.3 is 10.8 Å². The number of alkyl halides is 3. The summed E-state index contributed by atoms with van der Waals surface area (Å²) in [6, 6.07) is 0.846. The van der Waals surface area contributed by atoms with Crippen LogP contribution in [0.1, 0.15) is 12.1 Å². The summed E-state index contributed by atoms with van der Waals surface area (Å²) in [5.41, 5.74) is 4.13. The molecule has 4 nitrogen and oxygen atoms in total. The Morgan fingerprint density at radius 2 is 2.06 bits per heavy atom. The van der Waals surface area contributed by atoms with E-state index in [1.54, 1.807) is 0 Å². The number of aliphatic hydroxyl groups excluding tert-OH is 1. The molecule has 16 heavy (non-hydrogen) atoms. The average Bonchev–Trinajstić information content (AvgIpc) is 2.16. The number of halogens is 3. The van der Waals surface area contributed by atoms with Crippen LogP contribution in [0.2, 0.25) is 0 Å². The second-order valence-electron chi connectivity index (χ2n) is 2.87. The predicted octanol–water partition coefficient (Wildman–Crippen LogP) is 1.55. The van der Waals surface area contributed by atoms with E-state index in [2.05, 4.69) is 9.97 Å². The molecule has 0 aliphatic carbocycles. The first-order chi connectivity index (χ1) is 7.43. The van der Waals surface area contributed by atoms with E-state index in [9.17, 15) is 13.2 Å². The third kappa shape index (κ3) is 3.86. The lowest BCUT2D eigenvalue weighted by molar-refractivity contribution is -0.141. The zero-order chi connectivity index (χ0) is 12.2. The zero-order valence-electron chi connectivity index (χ0n) is 8.16. The number of anilines is 1. The number of thioether (sulfide) groups is 1. The highest BCUT2D eigenvalue weighted by molar-refractivity contribution is 7.99. The van der Waals surface area contributed by atoms with Gasteiger partial charge in [-0.3, -0.25) is 0 Å². The Hall–Kier alpha value is -1.02. The molecule has 0 fully saturated rings. The summed E-state index contributed by atoms with van der Waals surface area (Å²) in [6.07, 6.45) is -4.04. The lowest BCUT2D eigenvalue weighted by atomic mass is 10.4. The molecule has 1 rings (SSSR count). The lowest BCUT2D eigenvalue weighted by Crippen LogP contribution is -2.11. The van der Waals surface area contributed by atoms with E-state index in [4.69, 9.17) is 10.8 Å².